The zero-order chi connectivity index (χ0) is 25.7. The van der Waals surface area contributed by atoms with Gasteiger partial charge in [-0.25, -0.2) is 4.79 Å². The van der Waals surface area contributed by atoms with Gasteiger partial charge < -0.3 is 9.30 Å². The van der Waals surface area contributed by atoms with Gasteiger partial charge in [0.15, 0.2) is 0 Å². The number of ether oxygens (including phenoxy) is 1. The summed E-state index contributed by atoms with van der Waals surface area (Å²) in [5.41, 5.74) is 5.69. The number of rotatable bonds is 9. The topological polar surface area (TPSA) is 51.5 Å². The van der Waals surface area contributed by atoms with Gasteiger partial charge >= 0.3 is 5.97 Å². The second-order valence-corrected chi connectivity index (χ2v) is 10.4. The molecule has 0 atom stereocenters. The lowest BCUT2D eigenvalue weighted by Gasteiger charge is -2.14. The Balaban J connectivity index is 1.49. The summed E-state index contributed by atoms with van der Waals surface area (Å²) in [4.78, 5) is 27.7. The van der Waals surface area contributed by atoms with Crippen molar-refractivity contribution in [2.45, 2.75) is 40.0 Å². The molecule has 0 aliphatic carbocycles. The summed E-state index contributed by atoms with van der Waals surface area (Å²) in [6, 6.07) is 19.6. The highest BCUT2D eigenvalue weighted by Crippen LogP contribution is 2.34. The van der Waals surface area contributed by atoms with Gasteiger partial charge in [-0.3, -0.25) is 9.69 Å². The van der Waals surface area contributed by atoms with Crippen LogP contribution in [-0.4, -0.2) is 38.8 Å². The lowest BCUT2D eigenvalue weighted by molar-refractivity contribution is -0.122. The molecule has 0 unspecified atom stereocenters. The molecule has 0 saturated carbocycles. The molecule has 1 aromatic heterocycles. The molecule has 2 aromatic carbocycles. The van der Waals surface area contributed by atoms with Crippen molar-refractivity contribution in [3.8, 4) is 5.69 Å². The van der Waals surface area contributed by atoms with Crippen LogP contribution in [0.2, 0.25) is 0 Å². The van der Waals surface area contributed by atoms with Gasteiger partial charge in [-0.05, 0) is 74.2 Å². The van der Waals surface area contributed by atoms with E-state index >= 15 is 0 Å². The number of aromatic nitrogens is 1. The van der Waals surface area contributed by atoms with Crippen LogP contribution in [0.25, 0.3) is 11.8 Å². The maximum absolute atomic E-state index is 13.1. The molecule has 1 aliphatic rings. The number of thioether (sulfide) groups is 1. The van der Waals surface area contributed by atoms with Crippen molar-refractivity contribution in [2.24, 2.45) is 0 Å². The minimum absolute atomic E-state index is 0.0447. The molecule has 5 nitrogen and oxygen atoms in total. The molecule has 7 heteroatoms. The Bertz CT molecular complexity index is 1290. The van der Waals surface area contributed by atoms with Crippen molar-refractivity contribution < 1.29 is 14.3 Å². The predicted molar refractivity (Wildman–Crippen MR) is 150 cm³/mol. The zero-order valence-corrected chi connectivity index (χ0v) is 22.5. The molecule has 186 valence electrons. The molecule has 0 radical (unpaired) electrons. The zero-order valence-electron chi connectivity index (χ0n) is 20.8. The van der Waals surface area contributed by atoms with Gasteiger partial charge in [0, 0.05) is 23.6 Å². The Kier molecular flexibility index (Phi) is 8.44. The Labute approximate surface area is 222 Å². The number of hydrogen-bond acceptors (Lipinski definition) is 5. The first-order chi connectivity index (χ1) is 17.4. The van der Waals surface area contributed by atoms with E-state index in [1.165, 1.54) is 17.3 Å². The van der Waals surface area contributed by atoms with Crippen LogP contribution in [0.1, 0.15) is 52.6 Å². The van der Waals surface area contributed by atoms with Crippen LogP contribution in [0.4, 0.5) is 0 Å². The smallest absolute Gasteiger partial charge is 0.338 e. The van der Waals surface area contributed by atoms with E-state index in [1.807, 2.05) is 50.3 Å². The number of thiocarbonyl (C=S) groups is 1. The average molecular weight is 519 g/mol. The first-order valence-electron chi connectivity index (χ1n) is 12.1. The molecule has 36 heavy (non-hydrogen) atoms. The number of benzene rings is 2. The molecule has 3 aromatic rings. The van der Waals surface area contributed by atoms with Crippen molar-refractivity contribution in [3.05, 3.63) is 93.6 Å². The Morgan fingerprint density at radius 1 is 1.08 bits per heavy atom. The summed E-state index contributed by atoms with van der Waals surface area (Å²) in [5, 5.41) is 0. The van der Waals surface area contributed by atoms with E-state index in [2.05, 4.69) is 29.7 Å². The fraction of sp³-hybridized carbons (Fsp3) is 0.276. The minimum atomic E-state index is -0.300. The lowest BCUT2D eigenvalue weighted by Crippen LogP contribution is -2.30. The van der Waals surface area contributed by atoms with E-state index in [1.54, 1.807) is 17.0 Å². The molecular formula is C29H30N2O3S2. The Hall–Kier alpha value is -3.16. The molecule has 2 heterocycles. The standard InChI is InChI=1S/C29H30N2O3S2/c1-4-5-17-34-28(33)23-11-13-25(14-12-23)31-20(2)18-24(21(31)3)19-26-27(32)30(29(35)36-26)16-15-22-9-7-6-8-10-22/h6-14,18-19H,4-5,15-17H2,1-3H3/b26-19-. The highest BCUT2D eigenvalue weighted by atomic mass is 32.2. The minimum Gasteiger partial charge on any atom is -0.462 e. The molecule has 1 amide bonds. The van der Waals surface area contributed by atoms with E-state index in [4.69, 9.17) is 17.0 Å². The number of amides is 1. The SMILES string of the molecule is CCCCOC(=O)c1ccc(-n2c(C)cc(/C=C3\SC(=S)N(CCc4ccccc4)C3=O)c2C)cc1. The number of carbonyl (C=O) groups is 2. The molecule has 0 spiro atoms. The van der Waals surface area contributed by atoms with E-state index < -0.39 is 0 Å². The van der Waals surface area contributed by atoms with Gasteiger partial charge in [-0.15, -0.1) is 0 Å². The van der Waals surface area contributed by atoms with E-state index in [-0.39, 0.29) is 11.9 Å². The van der Waals surface area contributed by atoms with E-state index in [9.17, 15) is 9.59 Å². The number of carbonyl (C=O) groups excluding carboxylic acids is 2. The summed E-state index contributed by atoms with van der Waals surface area (Å²) in [5.74, 6) is -0.345. The first kappa shape index (κ1) is 25.9. The molecular weight excluding hydrogens is 488 g/mol. The third-order valence-corrected chi connectivity index (χ3v) is 7.57. The van der Waals surface area contributed by atoms with Gasteiger partial charge in [0.05, 0.1) is 17.1 Å². The van der Waals surface area contributed by atoms with Crippen LogP contribution in [0, 0.1) is 13.8 Å². The third-order valence-electron chi connectivity index (χ3n) is 6.19. The Morgan fingerprint density at radius 3 is 2.50 bits per heavy atom. The quantitative estimate of drug-likeness (QED) is 0.140. The molecule has 1 aliphatic heterocycles. The van der Waals surface area contributed by atoms with Crippen LogP contribution in [0.3, 0.4) is 0 Å². The fourth-order valence-corrected chi connectivity index (χ4v) is 5.49. The van der Waals surface area contributed by atoms with E-state index in [0.717, 1.165) is 41.9 Å². The largest absolute Gasteiger partial charge is 0.462 e. The van der Waals surface area contributed by atoms with Gasteiger partial charge in [0.25, 0.3) is 5.91 Å². The summed E-state index contributed by atoms with van der Waals surface area (Å²) in [7, 11) is 0. The predicted octanol–water partition coefficient (Wildman–Crippen LogP) is 6.49. The van der Waals surface area contributed by atoms with Gasteiger partial charge in [-0.2, -0.15) is 0 Å². The van der Waals surface area contributed by atoms with Crippen LogP contribution < -0.4 is 0 Å². The molecule has 0 N–H and O–H groups in total. The number of unbranched alkanes of at least 4 members (excludes halogenated alkanes) is 1. The van der Waals surface area contributed by atoms with Crippen molar-refractivity contribution in [3.63, 3.8) is 0 Å². The van der Waals surface area contributed by atoms with Crippen LogP contribution in [0.5, 0.6) is 0 Å². The number of hydrogen-bond donors (Lipinski definition) is 0. The van der Waals surface area contributed by atoms with Crippen LogP contribution >= 0.6 is 24.0 Å². The monoisotopic (exact) mass is 518 g/mol. The molecule has 4 rings (SSSR count). The molecule has 1 fully saturated rings. The van der Waals surface area contributed by atoms with E-state index in [0.29, 0.717) is 27.9 Å². The third kappa shape index (κ3) is 5.79. The van der Waals surface area contributed by atoms with Crippen molar-refractivity contribution in [1.29, 1.82) is 0 Å². The first-order valence-corrected chi connectivity index (χ1v) is 13.4. The normalized spacial score (nSPS) is 14.6. The van der Waals surface area contributed by atoms with Crippen molar-refractivity contribution >= 4 is 46.3 Å². The highest BCUT2D eigenvalue weighted by molar-refractivity contribution is 8.26. The fourth-order valence-electron chi connectivity index (χ4n) is 4.19. The number of nitrogens with zero attached hydrogens (tertiary/aromatic N) is 2. The lowest BCUT2D eigenvalue weighted by atomic mass is 10.1. The van der Waals surface area contributed by atoms with Crippen molar-refractivity contribution in [2.75, 3.05) is 13.2 Å². The summed E-state index contributed by atoms with van der Waals surface area (Å²) < 4.78 is 8.02. The summed E-state index contributed by atoms with van der Waals surface area (Å²) in [6.07, 6.45) is 4.54. The van der Waals surface area contributed by atoms with Crippen LogP contribution in [-0.2, 0) is 16.0 Å². The average Bonchev–Trinajstić information content (AvgIpc) is 3.31. The van der Waals surface area contributed by atoms with Gasteiger partial charge in [0.2, 0.25) is 0 Å². The maximum atomic E-state index is 13.1. The van der Waals surface area contributed by atoms with Crippen molar-refractivity contribution in [1.82, 2.24) is 9.47 Å². The van der Waals surface area contributed by atoms with Gasteiger partial charge in [0.1, 0.15) is 4.32 Å². The summed E-state index contributed by atoms with van der Waals surface area (Å²) in [6.45, 7) is 7.13. The second kappa shape index (κ2) is 11.7. The highest BCUT2D eigenvalue weighted by Gasteiger charge is 2.32. The second-order valence-electron chi connectivity index (χ2n) is 8.77. The Morgan fingerprint density at radius 2 is 1.81 bits per heavy atom. The summed E-state index contributed by atoms with van der Waals surface area (Å²) >= 11 is 6.87. The number of esters is 1. The molecule has 0 bridgehead atoms. The number of aryl methyl sites for hydroxylation is 1. The van der Waals surface area contributed by atoms with Gasteiger partial charge in [-0.1, -0.05) is 67.7 Å². The maximum Gasteiger partial charge on any atom is 0.338 e. The van der Waals surface area contributed by atoms with Crippen LogP contribution in [0.15, 0.2) is 65.6 Å². The molecule has 1 saturated heterocycles.